The zero-order valence-electron chi connectivity index (χ0n) is 8.83. The maximum absolute atomic E-state index is 8.71. The molecule has 1 aliphatic rings. The van der Waals surface area contributed by atoms with Gasteiger partial charge in [-0.2, -0.15) is 5.26 Å². The number of alkyl halides is 1. The van der Waals surface area contributed by atoms with E-state index in [0.29, 0.717) is 6.54 Å². The van der Waals surface area contributed by atoms with Gasteiger partial charge in [0, 0.05) is 5.69 Å². The predicted molar refractivity (Wildman–Crippen MR) is 58.9 cm³/mol. The van der Waals surface area contributed by atoms with E-state index in [1.165, 1.54) is 24.2 Å². The summed E-state index contributed by atoms with van der Waals surface area (Å²) >= 11 is 5.86. The van der Waals surface area contributed by atoms with E-state index >= 15 is 0 Å². The Morgan fingerprint density at radius 3 is 3.00 bits per heavy atom. The molecule has 1 aromatic rings. The van der Waals surface area contributed by atoms with E-state index in [1.807, 2.05) is 6.92 Å². The largest absolute Gasteiger partial charge is 0.329 e. The molecule has 1 aliphatic carbocycles. The van der Waals surface area contributed by atoms with E-state index in [0.717, 1.165) is 18.7 Å². The molecule has 0 spiro atoms. The average Bonchev–Trinajstić information content (AvgIpc) is 2.55. The third-order valence-electron chi connectivity index (χ3n) is 2.91. The summed E-state index contributed by atoms with van der Waals surface area (Å²) in [6, 6.07) is 2.05. The second kappa shape index (κ2) is 4.24. The minimum atomic E-state index is -0.455. The van der Waals surface area contributed by atoms with Crippen LogP contribution >= 0.6 is 11.6 Å². The van der Waals surface area contributed by atoms with E-state index in [1.54, 1.807) is 0 Å². The van der Waals surface area contributed by atoms with Gasteiger partial charge in [0.2, 0.25) is 0 Å². The third-order valence-corrected chi connectivity index (χ3v) is 3.14. The number of halogens is 1. The Morgan fingerprint density at radius 2 is 2.27 bits per heavy atom. The smallest absolute Gasteiger partial charge is 0.138 e. The lowest BCUT2D eigenvalue weighted by molar-refractivity contribution is 0.603. The van der Waals surface area contributed by atoms with Crippen molar-refractivity contribution in [3.05, 3.63) is 17.2 Å². The molecule has 0 aliphatic heterocycles. The van der Waals surface area contributed by atoms with E-state index in [2.05, 4.69) is 15.6 Å². The van der Waals surface area contributed by atoms with Gasteiger partial charge in [0.05, 0.1) is 18.3 Å². The molecule has 0 saturated carbocycles. The van der Waals surface area contributed by atoms with E-state index in [4.69, 9.17) is 16.9 Å². The molecule has 0 bridgehead atoms. The molecule has 1 aromatic heterocycles. The van der Waals surface area contributed by atoms with Crippen LogP contribution in [-0.4, -0.2) is 14.9 Å². The Bertz CT molecular complexity index is 403. The Kier molecular flexibility index (Phi) is 2.97. The molecule has 2 rings (SSSR count). The summed E-state index contributed by atoms with van der Waals surface area (Å²) < 4.78 is 2.11. The van der Waals surface area contributed by atoms with Crippen molar-refractivity contribution in [1.29, 1.82) is 5.26 Å². The molecule has 4 heteroatoms. The number of aryl methyl sites for hydroxylation is 2. The highest BCUT2D eigenvalue weighted by Crippen LogP contribution is 2.22. The third kappa shape index (κ3) is 2.00. The first-order valence-electron chi connectivity index (χ1n) is 5.31. The average molecular weight is 224 g/mol. The molecule has 0 N–H and O–H groups in total. The molecule has 0 saturated heterocycles. The maximum atomic E-state index is 8.71. The van der Waals surface area contributed by atoms with Crippen molar-refractivity contribution < 1.29 is 0 Å². The Balaban J connectivity index is 2.30. The predicted octanol–water partition coefficient (Wildman–Crippen LogP) is 2.20. The molecule has 1 unspecified atom stereocenters. The number of imidazole rings is 1. The quantitative estimate of drug-likeness (QED) is 0.722. The fourth-order valence-electron chi connectivity index (χ4n) is 2.18. The van der Waals surface area contributed by atoms with Crippen LogP contribution in [0.25, 0.3) is 0 Å². The van der Waals surface area contributed by atoms with Gasteiger partial charge in [0.15, 0.2) is 0 Å². The number of hydrogen-bond acceptors (Lipinski definition) is 2. The van der Waals surface area contributed by atoms with Gasteiger partial charge >= 0.3 is 0 Å². The summed E-state index contributed by atoms with van der Waals surface area (Å²) in [5, 5.41) is 8.26. The van der Waals surface area contributed by atoms with Crippen LogP contribution in [0.2, 0.25) is 0 Å². The number of fused-ring (bicyclic) bond motifs is 1. The zero-order chi connectivity index (χ0) is 10.8. The van der Waals surface area contributed by atoms with Crippen molar-refractivity contribution in [3.63, 3.8) is 0 Å². The SMILES string of the molecule is Cc1nc2c(n1CC(Cl)C#N)CCCC2. The number of nitrogens with zero attached hydrogens (tertiary/aromatic N) is 3. The summed E-state index contributed by atoms with van der Waals surface area (Å²) in [4.78, 5) is 4.53. The van der Waals surface area contributed by atoms with Gasteiger partial charge in [-0.25, -0.2) is 4.98 Å². The lowest BCUT2D eigenvalue weighted by Crippen LogP contribution is -2.14. The lowest BCUT2D eigenvalue weighted by atomic mass is 10.0. The van der Waals surface area contributed by atoms with Gasteiger partial charge in [0.25, 0.3) is 0 Å². The van der Waals surface area contributed by atoms with Crippen molar-refractivity contribution in [1.82, 2.24) is 9.55 Å². The zero-order valence-corrected chi connectivity index (χ0v) is 9.59. The molecular formula is C11H14ClN3. The van der Waals surface area contributed by atoms with Crippen molar-refractivity contribution in [2.45, 2.75) is 44.5 Å². The molecule has 0 amide bonds. The van der Waals surface area contributed by atoms with Crippen LogP contribution < -0.4 is 0 Å². The molecule has 1 atom stereocenters. The first-order chi connectivity index (χ1) is 7.22. The highest BCUT2D eigenvalue weighted by molar-refractivity contribution is 6.22. The first kappa shape index (κ1) is 10.5. The van der Waals surface area contributed by atoms with Crippen LogP contribution in [-0.2, 0) is 19.4 Å². The minimum Gasteiger partial charge on any atom is -0.329 e. The second-order valence-corrected chi connectivity index (χ2v) is 4.49. The molecular weight excluding hydrogens is 210 g/mol. The highest BCUT2D eigenvalue weighted by atomic mass is 35.5. The second-order valence-electron chi connectivity index (χ2n) is 3.97. The van der Waals surface area contributed by atoms with Crippen LogP contribution in [0.4, 0.5) is 0 Å². The van der Waals surface area contributed by atoms with Gasteiger partial charge in [-0.1, -0.05) is 0 Å². The van der Waals surface area contributed by atoms with E-state index in [-0.39, 0.29) is 0 Å². The van der Waals surface area contributed by atoms with E-state index in [9.17, 15) is 0 Å². The van der Waals surface area contributed by atoms with Gasteiger partial charge in [-0.15, -0.1) is 11.6 Å². The lowest BCUT2D eigenvalue weighted by Gasteiger charge is -2.14. The van der Waals surface area contributed by atoms with Crippen molar-refractivity contribution in [2.24, 2.45) is 0 Å². The van der Waals surface area contributed by atoms with E-state index < -0.39 is 5.38 Å². The van der Waals surface area contributed by atoms with Gasteiger partial charge in [-0.3, -0.25) is 0 Å². The van der Waals surface area contributed by atoms with Gasteiger partial charge in [0.1, 0.15) is 11.2 Å². The molecule has 0 aromatic carbocycles. The number of nitriles is 1. The summed E-state index contributed by atoms with van der Waals surface area (Å²) in [7, 11) is 0. The van der Waals surface area contributed by atoms with Gasteiger partial charge < -0.3 is 4.57 Å². The van der Waals surface area contributed by atoms with Crippen molar-refractivity contribution in [2.75, 3.05) is 0 Å². The van der Waals surface area contributed by atoms with Crippen molar-refractivity contribution >= 4 is 11.6 Å². The van der Waals surface area contributed by atoms with Crippen LogP contribution in [0, 0.1) is 18.3 Å². The molecule has 3 nitrogen and oxygen atoms in total. The topological polar surface area (TPSA) is 41.6 Å². The Morgan fingerprint density at radius 1 is 1.53 bits per heavy atom. The molecule has 80 valence electrons. The van der Waals surface area contributed by atoms with Crippen LogP contribution in [0.1, 0.15) is 30.1 Å². The molecule has 0 fully saturated rings. The first-order valence-corrected chi connectivity index (χ1v) is 5.74. The number of hydrogen-bond donors (Lipinski definition) is 0. The van der Waals surface area contributed by atoms with Gasteiger partial charge in [-0.05, 0) is 32.6 Å². The standard InChI is InChI=1S/C11H14ClN3/c1-8-14-10-4-2-3-5-11(10)15(8)7-9(12)6-13/h9H,2-5,7H2,1H3. The maximum Gasteiger partial charge on any atom is 0.138 e. The highest BCUT2D eigenvalue weighted by Gasteiger charge is 2.19. The Hall–Kier alpha value is -1.01. The number of aromatic nitrogens is 2. The fourth-order valence-corrected chi connectivity index (χ4v) is 2.32. The summed E-state index contributed by atoms with van der Waals surface area (Å²) in [6.07, 6.45) is 4.59. The summed E-state index contributed by atoms with van der Waals surface area (Å²) in [6.45, 7) is 2.55. The van der Waals surface area contributed by atoms with Crippen LogP contribution in [0.3, 0.4) is 0 Å². The van der Waals surface area contributed by atoms with Crippen LogP contribution in [0.5, 0.6) is 0 Å². The van der Waals surface area contributed by atoms with Crippen LogP contribution in [0.15, 0.2) is 0 Å². The summed E-state index contributed by atoms with van der Waals surface area (Å²) in [5.41, 5.74) is 2.50. The summed E-state index contributed by atoms with van der Waals surface area (Å²) in [5.74, 6) is 0.989. The number of rotatable bonds is 2. The molecule has 15 heavy (non-hydrogen) atoms. The minimum absolute atomic E-state index is 0.455. The Labute approximate surface area is 94.7 Å². The fraction of sp³-hybridized carbons (Fsp3) is 0.636. The molecule has 1 heterocycles. The monoisotopic (exact) mass is 223 g/mol. The van der Waals surface area contributed by atoms with Crippen molar-refractivity contribution in [3.8, 4) is 6.07 Å². The molecule has 0 radical (unpaired) electrons. The normalized spacial score (nSPS) is 16.9.